The number of aliphatic hydroxyl groups is 1. The summed E-state index contributed by atoms with van der Waals surface area (Å²) in [4.78, 5) is 22.7. The number of carbonyl (C=O) groups excluding carboxylic acids is 1. The van der Waals surface area contributed by atoms with Crippen LogP contribution >= 0.6 is 0 Å². The molecule has 0 bridgehead atoms. The summed E-state index contributed by atoms with van der Waals surface area (Å²) < 4.78 is 5.85. The van der Waals surface area contributed by atoms with E-state index in [0.717, 1.165) is 25.7 Å². The number of likely N-dealkylation sites (N-methyl/N-ethyl adjacent to an activating group) is 1. The summed E-state index contributed by atoms with van der Waals surface area (Å²) in [5.74, 6) is -1.32. The molecule has 0 aliphatic rings. The SMILES string of the molecule is CCCCC(O)CCCCC(=O)OC(CC(=O)O)C[N+](C)(C)C. The molecule has 6 nitrogen and oxygen atoms in total. The number of carboxylic acid groups (broad SMARTS) is 1. The van der Waals surface area contributed by atoms with Crippen molar-refractivity contribution >= 4 is 11.9 Å². The lowest BCUT2D eigenvalue weighted by Crippen LogP contribution is -2.43. The number of quaternary nitrogens is 1. The van der Waals surface area contributed by atoms with Gasteiger partial charge in [0, 0.05) is 6.42 Å². The Balaban J connectivity index is 4.05. The number of unbranched alkanes of at least 4 members (excludes halogenated alkanes) is 2. The maximum atomic E-state index is 11.9. The van der Waals surface area contributed by atoms with Crippen LogP contribution in [0, 0.1) is 0 Å². The first-order chi connectivity index (χ1) is 10.6. The number of hydrogen-bond acceptors (Lipinski definition) is 4. The largest absolute Gasteiger partial charge is 0.481 e. The highest BCUT2D eigenvalue weighted by Crippen LogP contribution is 2.12. The van der Waals surface area contributed by atoms with Crippen molar-refractivity contribution in [3.8, 4) is 0 Å². The van der Waals surface area contributed by atoms with Crippen molar-refractivity contribution in [1.82, 2.24) is 0 Å². The van der Waals surface area contributed by atoms with Gasteiger partial charge in [-0.1, -0.05) is 26.2 Å². The first kappa shape index (κ1) is 21.9. The van der Waals surface area contributed by atoms with Gasteiger partial charge in [0.2, 0.25) is 0 Å². The Labute approximate surface area is 140 Å². The van der Waals surface area contributed by atoms with Crippen LogP contribution in [0.1, 0.15) is 58.3 Å². The predicted molar refractivity (Wildman–Crippen MR) is 89.0 cm³/mol. The van der Waals surface area contributed by atoms with Crippen molar-refractivity contribution in [1.29, 1.82) is 0 Å². The first-order valence-corrected chi connectivity index (χ1v) is 8.53. The fourth-order valence-corrected chi connectivity index (χ4v) is 2.43. The van der Waals surface area contributed by atoms with Gasteiger partial charge in [-0.3, -0.25) is 9.59 Å². The Morgan fingerprint density at radius 1 is 1.09 bits per heavy atom. The Hall–Kier alpha value is -1.14. The lowest BCUT2D eigenvalue weighted by atomic mass is 10.1. The molecule has 23 heavy (non-hydrogen) atoms. The van der Waals surface area contributed by atoms with Gasteiger partial charge in [-0.05, 0) is 19.3 Å². The van der Waals surface area contributed by atoms with Crippen LogP contribution in [0.15, 0.2) is 0 Å². The summed E-state index contributed by atoms with van der Waals surface area (Å²) in [6.07, 6.45) is 4.25. The van der Waals surface area contributed by atoms with Crippen molar-refractivity contribution in [3.05, 3.63) is 0 Å². The van der Waals surface area contributed by atoms with Crippen molar-refractivity contribution in [3.63, 3.8) is 0 Å². The van der Waals surface area contributed by atoms with Crippen molar-refractivity contribution in [2.45, 2.75) is 70.5 Å². The molecular weight excluding hydrogens is 298 g/mol. The van der Waals surface area contributed by atoms with Crippen LogP contribution in [0.25, 0.3) is 0 Å². The second kappa shape index (κ2) is 11.4. The van der Waals surface area contributed by atoms with E-state index in [0.29, 0.717) is 23.9 Å². The van der Waals surface area contributed by atoms with E-state index in [9.17, 15) is 14.7 Å². The lowest BCUT2D eigenvalue weighted by Gasteiger charge is -2.28. The zero-order valence-corrected chi connectivity index (χ0v) is 15.1. The molecule has 0 saturated heterocycles. The average molecular weight is 332 g/mol. The highest BCUT2D eigenvalue weighted by molar-refractivity contribution is 5.71. The topological polar surface area (TPSA) is 83.8 Å². The second-order valence-electron chi connectivity index (χ2n) is 7.22. The summed E-state index contributed by atoms with van der Waals surface area (Å²) in [7, 11) is 5.79. The number of hydrogen-bond donors (Lipinski definition) is 2. The first-order valence-electron chi connectivity index (χ1n) is 8.53. The highest BCUT2D eigenvalue weighted by atomic mass is 16.5. The monoisotopic (exact) mass is 332 g/mol. The minimum atomic E-state index is -0.963. The summed E-state index contributed by atoms with van der Waals surface area (Å²) in [5, 5.41) is 18.6. The van der Waals surface area contributed by atoms with Crippen LogP contribution in [0.3, 0.4) is 0 Å². The molecule has 0 aliphatic carbocycles. The number of ether oxygens (including phenoxy) is 1. The average Bonchev–Trinajstić information content (AvgIpc) is 2.38. The molecule has 0 aromatic rings. The quantitative estimate of drug-likeness (QED) is 0.307. The number of esters is 1. The smallest absolute Gasteiger partial charge is 0.307 e. The minimum Gasteiger partial charge on any atom is -0.481 e. The molecule has 6 heteroatoms. The molecular formula is C17H34NO5+. The lowest BCUT2D eigenvalue weighted by molar-refractivity contribution is -0.873. The molecule has 136 valence electrons. The zero-order valence-electron chi connectivity index (χ0n) is 15.1. The van der Waals surface area contributed by atoms with Crippen LogP contribution in [0.2, 0.25) is 0 Å². The normalized spacial score (nSPS) is 14.3. The van der Waals surface area contributed by atoms with E-state index in [1.807, 2.05) is 21.1 Å². The van der Waals surface area contributed by atoms with Crippen LogP contribution in [-0.2, 0) is 14.3 Å². The second-order valence-corrected chi connectivity index (χ2v) is 7.22. The molecule has 2 atom stereocenters. The molecule has 0 amide bonds. The minimum absolute atomic E-state index is 0.170. The molecule has 0 heterocycles. The maximum absolute atomic E-state index is 11.9. The van der Waals surface area contributed by atoms with E-state index in [-0.39, 0.29) is 24.9 Å². The van der Waals surface area contributed by atoms with E-state index in [1.165, 1.54) is 0 Å². The van der Waals surface area contributed by atoms with Gasteiger partial charge >= 0.3 is 11.9 Å². The van der Waals surface area contributed by atoms with E-state index < -0.39 is 12.1 Å². The van der Waals surface area contributed by atoms with E-state index in [2.05, 4.69) is 6.92 Å². The van der Waals surface area contributed by atoms with Gasteiger partial charge in [-0.25, -0.2) is 0 Å². The van der Waals surface area contributed by atoms with E-state index in [4.69, 9.17) is 9.84 Å². The standard InChI is InChI=1S/C17H33NO5/c1-5-6-9-14(19)10-7-8-11-17(22)23-15(12-16(20)21)13-18(2,3)4/h14-15,19H,5-13H2,1-4H3/p+1. The molecule has 0 aromatic carbocycles. The number of aliphatic hydroxyl groups excluding tert-OH is 1. The number of nitrogens with zero attached hydrogens (tertiary/aromatic N) is 1. The summed E-state index contributed by atoms with van der Waals surface area (Å²) in [6.45, 7) is 2.56. The summed E-state index contributed by atoms with van der Waals surface area (Å²) in [5.41, 5.74) is 0. The molecule has 0 radical (unpaired) electrons. The van der Waals surface area contributed by atoms with Crippen molar-refractivity contribution in [2.24, 2.45) is 0 Å². The Bertz CT molecular complexity index is 351. The van der Waals surface area contributed by atoms with Crippen LogP contribution in [0.5, 0.6) is 0 Å². The van der Waals surface area contributed by atoms with Gasteiger partial charge in [-0.2, -0.15) is 0 Å². The summed E-state index contributed by atoms with van der Waals surface area (Å²) in [6, 6.07) is 0. The Morgan fingerprint density at radius 2 is 1.70 bits per heavy atom. The van der Waals surface area contributed by atoms with Crippen LogP contribution in [0.4, 0.5) is 0 Å². The Morgan fingerprint density at radius 3 is 2.22 bits per heavy atom. The van der Waals surface area contributed by atoms with E-state index in [1.54, 1.807) is 0 Å². The van der Waals surface area contributed by atoms with Crippen LogP contribution < -0.4 is 0 Å². The molecule has 0 fully saturated rings. The van der Waals surface area contributed by atoms with Gasteiger partial charge in [0.1, 0.15) is 6.54 Å². The number of aliphatic carboxylic acids is 1. The molecule has 0 rings (SSSR count). The van der Waals surface area contributed by atoms with Gasteiger partial charge in [0.05, 0.1) is 33.7 Å². The third kappa shape index (κ3) is 14.2. The maximum Gasteiger partial charge on any atom is 0.307 e. The third-order valence-electron chi connectivity index (χ3n) is 3.51. The van der Waals surface area contributed by atoms with Gasteiger partial charge in [-0.15, -0.1) is 0 Å². The van der Waals surface area contributed by atoms with Gasteiger partial charge < -0.3 is 19.4 Å². The molecule has 0 spiro atoms. The molecule has 0 aromatic heterocycles. The summed E-state index contributed by atoms with van der Waals surface area (Å²) >= 11 is 0. The van der Waals surface area contributed by atoms with Crippen molar-refractivity contribution < 1.29 is 29.0 Å². The highest BCUT2D eigenvalue weighted by Gasteiger charge is 2.24. The zero-order chi connectivity index (χ0) is 17.9. The number of carboxylic acids is 1. The number of carbonyl (C=O) groups is 2. The van der Waals surface area contributed by atoms with Gasteiger partial charge in [0.15, 0.2) is 6.10 Å². The fourth-order valence-electron chi connectivity index (χ4n) is 2.43. The third-order valence-corrected chi connectivity index (χ3v) is 3.51. The molecule has 2 unspecified atom stereocenters. The molecule has 2 N–H and O–H groups in total. The molecule has 0 saturated carbocycles. The van der Waals surface area contributed by atoms with Crippen LogP contribution in [-0.4, -0.2) is 66.5 Å². The predicted octanol–water partition coefficient (Wildman–Crippen LogP) is 2.19. The van der Waals surface area contributed by atoms with Gasteiger partial charge in [0.25, 0.3) is 0 Å². The number of rotatable bonds is 13. The van der Waals surface area contributed by atoms with E-state index >= 15 is 0 Å². The molecule has 0 aliphatic heterocycles. The van der Waals surface area contributed by atoms with Crippen molar-refractivity contribution in [2.75, 3.05) is 27.7 Å². The Kier molecular flexibility index (Phi) is 10.8. The fraction of sp³-hybridized carbons (Fsp3) is 0.882.